The van der Waals surface area contributed by atoms with Crippen molar-refractivity contribution in [2.24, 2.45) is 0 Å². The lowest BCUT2D eigenvalue weighted by Gasteiger charge is -2.40. The van der Waals surface area contributed by atoms with E-state index in [0.29, 0.717) is 13.1 Å². The fraction of sp³-hybridized carbons (Fsp3) is 0.800. The van der Waals surface area contributed by atoms with E-state index in [0.717, 1.165) is 0 Å². The Morgan fingerprint density at radius 3 is 2.40 bits per heavy atom. The van der Waals surface area contributed by atoms with E-state index in [2.05, 4.69) is 10.6 Å². The smallest absolute Gasteiger partial charge is 0.405 e. The highest BCUT2D eigenvalue weighted by Gasteiger charge is 2.37. The number of rotatable bonds is 2. The first kappa shape index (κ1) is 7.30. The second-order valence-corrected chi connectivity index (χ2v) is 2.47. The molecule has 0 saturated carbocycles. The van der Waals surface area contributed by atoms with Crippen LogP contribution in [0.15, 0.2) is 0 Å². The molecule has 1 heterocycles. The number of amides is 1. The van der Waals surface area contributed by atoms with Crippen molar-refractivity contribution in [1.82, 2.24) is 10.6 Å². The number of carbonyl (C=O) groups is 1. The molecule has 58 valence electrons. The van der Waals surface area contributed by atoms with Crippen LogP contribution in [-0.4, -0.2) is 41.5 Å². The molecule has 5 nitrogen and oxygen atoms in total. The van der Waals surface area contributed by atoms with Crippen molar-refractivity contribution in [3.8, 4) is 0 Å². The molecular weight excluding hydrogens is 136 g/mol. The summed E-state index contributed by atoms with van der Waals surface area (Å²) < 4.78 is 0. The van der Waals surface area contributed by atoms with Crippen molar-refractivity contribution in [3.63, 3.8) is 0 Å². The summed E-state index contributed by atoms with van der Waals surface area (Å²) in [6, 6.07) is 0. The molecule has 0 atom stereocenters. The second-order valence-electron chi connectivity index (χ2n) is 2.47. The molecule has 1 saturated heterocycles. The maximum Gasteiger partial charge on any atom is 0.405 e. The molecule has 0 aromatic carbocycles. The summed E-state index contributed by atoms with van der Waals surface area (Å²) in [6.45, 7) is 0.873. The van der Waals surface area contributed by atoms with Gasteiger partial charge in [-0.05, 0) is 0 Å². The Hall–Kier alpha value is -0.810. The van der Waals surface area contributed by atoms with E-state index < -0.39 is 11.6 Å². The van der Waals surface area contributed by atoms with Crippen LogP contribution in [-0.2, 0) is 0 Å². The third-order valence-corrected chi connectivity index (χ3v) is 1.60. The third-order valence-electron chi connectivity index (χ3n) is 1.60. The lowest BCUT2D eigenvalue weighted by molar-refractivity contribution is 0.101. The monoisotopic (exact) mass is 146 g/mol. The first-order valence-electron chi connectivity index (χ1n) is 3.01. The zero-order valence-electron chi connectivity index (χ0n) is 5.42. The third kappa shape index (κ3) is 1.19. The normalized spacial score (nSPS) is 21.3. The van der Waals surface area contributed by atoms with Crippen LogP contribution in [0.4, 0.5) is 4.79 Å². The molecular formula is C5H10N2O3. The number of hydrogen-bond donors (Lipinski definition) is 4. The summed E-state index contributed by atoms with van der Waals surface area (Å²) in [6.07, 6.45) is -1.09. The van der Waals surface area contributed by atoms with Gasteiger partial charge in [-0.3, -0.25) is 0 Å². The molecule has 0 spiro atoms. The van der Waals surface area contributed by atoms with E-state index in [1.807, 2.05) is 0 Å². The standard InChI is InChI=1S/C5H10N2O3/c8-3-5(1-6-2-5)7-4(9)10/h6-8H,1-3H2,(H,9,10). The van der Waals surface area contributed by atoms with Crippen LogP contribution in [0.3, 0.4) is 0 Å². The molecule has 0 radical (unpaired) electrons. The lowest BCUT2D eigenvalue weighted by atomic mass is 9.94. The van der Waals surface area contributed by atoms with Crippen LogP contribution >= 0.6 is 0 Å². The second kappa shape index (κ2) is 2.43. The van der Waals surface area contributed by atoms with Gasteiger partial charge in [0.2, 0.25) is 0 Å². The van der Waals surface area contributed by atoms with Crippen LogP contribution < -0.4 is 10.6 Å². The Kier molecular flexibility index (Phi) is 1.78. The first-order chi connectivity index (χ1) is 4.68. The Labute approximate surface area is 58.0 Å². The van der Waals surface area contributed by atoms with Crippen molar-refractivity contribution in [2.75, 3.05) is 19.7 Å². The summed E-state index contributed by atoms with van der Waals surface area (Å²) in [7, 11) is 0. The van der Waals surface area contributed by atoms with Crippen LogP contribution in [0, 0.1) is 0 Å². The van der Waals surface area contributed by atoms with Gasteiger partial charge in [-0.25, -0.2) is 4.79 Å². The van der Waals surface area contributed by atoms with Crippen molar-refractivity contribution in [2.45, 2.75) is 5.54 Å². The summed E-state index contributed by atoms with van der Waals surface area (Å²) >= 11 is 0. The van der Waals surface area contributed by atoms with E-state index in [9.17, 15) is 4.79 Å². The highest BCUT2D eigenvalue weighted by atomic mass is 16.4. The molecule has 1 fully saturated rings. The van der Waals surface area contributed by atoms with Crippen LogP contribution in [0.25, 0.3) is 0 Å². The van der Waals surface area contributed by atoms with E-state index in [4.69, 9.17) is 10.2 Å². The molecule has 0 unspecified atom stereocenters. The number of carboxylic acid groups (broad SMARTS) is 1. The van der Waals surface area contributed by atoms with Crippen molar-refractivity contribution in [1.29, 1.82) is 0 Å². The highest BCUT2D eigenvalue weighted by molar-refractivity contribution is 5.66. The Bertz CT molecular complexity index is 138. The van der Waals surface area contributed by atoms with E-state index in [1.54, 1.807) is 0 Å². The topological polar surface area (TPSA) is 81.6 Å². The van der Waals surface area contributed by atoms with Gasteiger partial charge in [-0.2, -0.15) is 0 Å². The fourth-order valence-electron chi connectivity index (χ4n) is 0.893. The van der Waals surface area contributed by atoms with Crippen LogP contribution in [0.1, 0.15) is 0 Å². The van der Waals surface area contributed by atoms with Gasteiger partial charge >= 0.3 is 6.09 Å². The van der Waals surface area contributed by atoms with Crippen LogP contribution in [0.2, 0.25) is 0 Å². The molecule has 1 amide bonds. The van der Waals surface area contributed by atoms with Gasteiger partial charge in [0.25, 0.3) is 0 Å². The Balaban J connectivity index is 2.40. The maximum atomic E-state index is 10.1. The average Bonchev–Trinajstić information content (AvgIpc) is 1.78. The number of hydrogen-bond acceptors (Lipinski definition) is 3. The molecule has 0 aromatic heterocycles. The summed E-state index contributed by atoms with van der Waals surface area (Å²) in [4.78, 5) is 10.1. The minimum absolute atomic E-state index is 0.147. The van der Waals surface area contributed by atoms with E-state index in [1.165, 1.54) is 0 Å². The number of aliphatic hydroxyl groups excluding tert-OH is 1. The molecule has 4 N–H and O–H groups in total. The van der Waals surface area contributed by atoms with Gasteiger partial charge in [0.15, 0.2) is 0 Å². The quantitative estimate of drug-likeness (QED) is 0.385. The first-order valence-corrected chi connectivity index (χ1v) is 3.01. The molecule has 10 heavy (non-hydrogen) atoms. The highest BCUT2D eigenvalue weighted by Crippen LogP contribution is 2.08. The van der Waals surface area contributed by atoms with Gasteiger partial charge in [0.05, 0.1) is 12.1 Å². The summed E-state index contributed by atoms with van der Waals surface area (Å²) in [5, 5.41) is 22.1. The molecule has 1 aliphatic heterocycles. The lowest BCUT2D eigenvalue weighted by Crippen LogP contribution is -2.70. The minimum atomic E-state index is -1.09. The van der Waals surface area contributed by atoms with Gasteiger partial charge in [0.1, 0.15) is 0 Å². The largest absolute Gasteiger partial charge is 0.465 e. The zero-order valence-corrected chi connectivity index (χ0v) is 5.42. The van der Waals surface area contributed by atoms with Gasteiger partial charge in [-0.15, -0.1) is 0 Å². The fourth-order valence-corrected chi connectivity index (χ4v) is 0.893. The maximum absolute atomic E-state index is 10.1. The van der Waals surface area contributed by atoms with E-state index >= 15 is 0 Å². The molecule has 0 aromatic rings. The van der Waals surface area contributed by atoms with Crippen molar-refractivity contribution >= 4 is 6.09 Å². The molecule has 5 heteroatoms. The number of nitrogens with one attached hydrogen (secondary N) is 2. The Morgan fingerprint density at radius 1 is 1.70 bits per heavy atom. The van der Waals surface area contributed by atoms with Crippen LogP contribution in [0.5, 0.6) is 0 Å². The number of aliphatic hydroxyl groups is 1. The van der Waals surface area contributed by atoms with E-state index in [-0.39, 0.29) is 6.61 Å². The average molecular weight is 146 g/mol. The molecule has 1 rings (SSSR count). The SMILES string of the molecule is O=C(O)NC1(CO)CNC1. The Morgan fingerprint density at radius 2 is 2.30 bits per heavy atom. The zero-order chi connectivity index (χ0) is 7.61. The molecule has 0 bridgehead atoms. The van der Waals surface area contributed by atoms with Gasteiger partial charge in [0, 0.05) is 13.1 Å². The predicted molar refractivity (Wildman–Crippen MR) is 33.8 cm³/mol. The molecule has 1 aliphatic rings. The van der Waals surface area contributed by atoms with Crippen molar-refractivity contribution in [3.05, 3.63) is 0 Å². The van der Waals surface area contributed by atoms with Gasteiger partial charge < -0.3 is 20.8 Å². The predicted octanol–water partition coefficient (Wildman–Crippen LogP) is -1.41. The summed E-state index contributed by atoms with van der Waals surface area (Å²) in [5.41, 5.74) is -0.619. The minimum Gasteiger partial charge on any atom is -0.465 e. The van der Waals surface area contributed by atoms with Crippen molar-refractivity contribution < 1.29 is 15.0 Å². The molecule has 0 aliphatic carbocycles. The summed E-state index contributed by atoms with van der Waals surface area (Å²) in [5.74, 6) is 0. The van der Waals surface area contributed by atoms with Gasteiger partial charge in [-0.1, -0.05) is 0 Å².